The lowest BCUT2D eigenvalue weighted by atomic mass is 10.1. The Morgan fingerprint density at radius 2 is 2.03 bits per heavy atom. The molecular formula is C21H21ClFN3O2S. The first-order valence-electron chi connectivity index (χ1n) is 9.22. The molecule has 152 valence electrons. The summed E-state index contributed by atoms with van der Waals surface area (Å²) in [7, 11) is 0. The van der Waals surface area contributed by atoms with Crippen LogP contribution in [0.2, 0.25) is 5.02 Å². The summed E-state index contributed by atoms with van der Waals surface area (Å²) >= 11 is 7.16. The molecule has 0 radical (unpaired) electrons. The average molecular weight is 434 g/mol. The Hall–Kier alpha value is -2.38. The minimum atomic E-state index is -0.490. The van der Waals surface area contributed by atoms with Gasteiger partial charge >= 0.3 is 0 Å². The number of anilines is 1. The van der Waals surface area contributed by atoms with Gasteiger partial charge in [0.15, 0.2) is 5.16 Å². The molecule has 29 heavy (non-hydrogen) atoms. The van der Waals surface area contributed by atoms with Gasteiger partial charge in [0.05, 0.1) is 27.4 Å². The predicted molar refractivity (Wildman–Crippen MR) is 116 cm³/mol. The Morgan fingerprint density at radius 1 is 1.28 bits per heavy atom. The summed E-state index contributed by atoms with van der Waals surface area (Å²) in [5, 5.41) is 3.88. The van der Waals surface area contributed by atoms with Crippen molar-refractivity contribution in [1.29, 1.82) is 0 Å². The third kappa shape index (κ3) is 5.36. The largest absolute Gasteiger partial charge is 0.324 e. The number of hydrogen-bond acceptors (Lipinski definition) is 4. The van der Waals surface area contributed by atoms with E-state index in [1.54, 1.807) is 22.8 Å². The van der Waals surface area contributed by atoms with Gasteiger partial charge in [-0.2, -0.15) is 0 Å². The van der Waals surface area contributed by atoms with Crippen LogP contribution in [-0.4, -0.2) is 21.2 Å². The first-order chi connectivity index (χ1) is 13.8. The molecule has 0 saturated carbocycles. The van der Waals surface area contributed by atoms with E-state index < -0.39 is 5.82 Å². The highest BCUT2D eigenvalue weighted by Gasteiger charge is 2.14. The van der Waals surface area contributed by atoms with E-state index in [9.17, 15) is 14.0 Å². The summed E-state index contributed by atoms with van der Waals surface area (Å²) in [6, 6.07) is 10.9. The van der Waals surface area contributed by atoms with Crippen LogP contribution in [0.25, 0.3) is 10.9 Å². The van der Waals surface area contributed by atoms with Crippen molar-refractivity contribution in [2.75, 3.05) is 11.1 Å². The smallest absolute Gasteiger partial charge is 0.262 e. The van der Waals surface area contributed by atoms with E-state index in [4.69, 9.17) is 11.6 Å². The Kier molecular flexibility index (Phi) is 6.92. The highest BCUT2D eigenvalue weighted by atomic mass is 35.5. The number of aromatic nitrogens is 2. The van der Waals surface area contributed by atoms with E-state index in [1.165, 1.54) is 23.9 Å². The van der Waals surface area contributed by atoms with Crippen LogP contribution in [-0.2, 0) is 11.3 Å². The normalized spacial score (nSPS) is 11.2. The zero-order valence-corrected chi connectivity index (χ0v) is 17.7. The van der Waals surface area contributed by atoms with Crippen molar-refractivity contribution in [2.24, 2.45) is 5.92 Å². The fourth-order valence-corrected chi connectivity index (χ4v) is 3.74. The Morgan fingerprint density at radius 3 is 2.79 bits per heavy atom. The number of carbonyl (C=O) groups is 1. The second-order valence-electron chi connectivity index (χ2n) is 7.01. The summed E-state index contributed by atoms with van der Waals surface area (Å²) in [5.41, 5.74) is 0.683. The topological polar surface area (TPSA) is 64.0 Å². The molecule has 1 aromatic heterocycles. The molecule has 0 spiro atoms. The lowest BCUT2D eigenvalue weighted by Gasteiger charge is -2.14. The number of benzene rings is 2. The van der Waals surface area contributed by atoms with E-state index in [-0.39, 0.29) is 27.9 Å². The molecule has 1 amide bonds. The van der Waals surface area contributed by atoms with Crippen molar-refractivity contribution in [3.8, 4) is 0 Å². The molecule has 0 atom stereocenters. The van der Waals surface area contributed by atoms with Crippen molar-refractivity contribution in [2.45, 2.75) is 32.0 Å². The molecule has 0 aliphatic carbocycles. The van der Waals surface area contributed by atoms with Crippen LogP contribution in [0.4, 0.5) is 10.1 Å². The zero-order chi connectivity index (χ0) is 21.0. The molecule has 0 saturated heterocycles. The number of halogens is 2. The van der Waals surface area contributed by atoms with Crippen LogP contribution in [0.5, 0.6) is 0 Å². The second-order valence-corrected chi connectivity index (χ2v) is 8.36. The van der Waals surface area contributed by atoms with Gasteiger partial charge in [0, 0.05) is 6.54 Å². The van der Waals surface area contributed by atoms with E-state index in [0.717, 1.165) is 12.5 Å². The van der Waals surface area contributed by atoms with Crippen LogP contribution in [0.1, 0.15) is 20.3 Å². The minimum absolute atomic E-state index is 0.0132. The molecule has 0 bridgehead atoms. The van der Waals surface area contributed by atoms with Crippen molar-refractivity contribution < 1.29 is 9.18 Å². The number of amides is 1. The van der Waals surface area contributed by atoms with Crippen LogP contribution in [0.15, 0.2) is 52.4 Å². The van der Waals surface area contributed by atoms with E-state index in [0.29, 0.717) is 28.5 Å². The molecular weight excluding hydrogens is 413 g/mol. The van der Waals surface area contributed by atoms with Crippen LogP contribution >= 0.6 is 23.4 Å². The maximum Gasteiger partial charge on any atom is 0.262 e. The van der Waals surface area contributed by atoms with Gasteiger partial charge < -0.3 is 5.32 Å². The number of thioether (sulfide) groups is 1. The van der Waals surface area contributed by atoms with Gasteiger partial charge in [-0.25, -0.2) is 9.37 Å². The minimum Gasteiger partial charge on any atom is -0.324 e. The molecule has 0 fully saturated rings. The maximum atomic E-state index is 13.4. The molecule has 3 aromatic rings. The van der Waals surface area contributed by atoms with Gasteiger partial charge in [0.2, 0.25) is 5.91 Å². The zero-order valence-electron chi connectivity index (χ0n) is 16.1. The van der Waals surface area contributed by atoms with Crippen molar-refractivity contribution >= 4 is 45.9 Å². The third-order valence-corrected chi connectivity index (χ3v) is 5.60. The van der Waals surface area contributed by atoms with E-state index in [1.807, 2.05) is 6.07 Å². The number of nitrogens with zero attached hydrogens (tertiary/aromatic N) is 2. The lowest BCUT2D eigenvalue weighted by molar-refractivity contribution is -0.113. The van der Waals surface area contributed by atoms with Gasteiger partial charge in [-0.15, -0.1) is 0 Å². The predicted octanol–water partition coefficient (Wildman–Crippen LogP) is 4.97. The number of para-hydroxylation sites is 1. The monoisotopic (exact) mass is 433 g/mol. The van der Waals surface area contributed by atoms with E-state index in [2.05, 4.69) is 24.1 Å². The van der Waals surface area contributed by atoms with Crippen molar-refractivity contribution in [1.82, 2.24) is 9.55 Å². The molecule has 2 aromatic carbocycles. The Balaban J connectivity index is 1.82. The van der Waals surface area contributed by atoms with Gasteiger partial charge in [0.1, 0.15) is 5.82 Å². The van der Waals surface area contributed by atoms with Crippen LogP contribution < -0.4 is 10.9 Å². The summed E-state index contributed by atoms with van der Waals surface area (Å²) < 4.78 is 15.0. The number of fused-ring (bicyclic) bond motifs is 1. The number of hydrogen-bond donors (Lipinski definition) is 1. The first-order valence-corrected chi connectivity index (χ1v) is 10.6. The summed E-state index contributed by atoms with van der Waals surface area (Å²) in [4.78, 5) is 29.9. The maximum absolute atomic E-state index is 13.4. The number of rotatable bonds is 7. The van der Waals surface area contributed by atoms with Crippen LogP contribution in [0, 0.1) is 11.7 Å². The second kappa shape index (κ2) is 9.41. The molecule has 5 nitrogen and oxygen atoms in total. The Labute approximate surface area is 177 Å². The quantitative estimate of drug-likeness (QED) is 0.422. The average Bonchev–Trinajstić information content (AvgIpc) is 2.68. The number of nitrogens with one attached hydrogen (secondary N) is 1. The van der Waals surface area contributed by atoms with Crippen molar-refractivity contribution in [3.05, 3.63) is 63.7 Å². The summed E-state index contributed by atoms with van der Waals surface area (Å²) in [6.07, 6.45) is 0.818. The van der Waals surface area contributed by atoms with Gasteiger partial charge in [0.25, 0.3) is 5.56 Å². The fourth-order valence-electron chi connectivity index (χ4n) is 2.75. The molecule has 8 heteroatoms. The van der Waals surface area contributed by atoms with Gasteiger partial charge in [-0.05, 0) is 42.7 Å². The van der Waals surface area contributed by atoms with Crippen LogP contribution in [0.3, 0.4) is 0 Å². The fraction of sp³-hybridized carbons (Fsp3) is 0.286. The first kappa shape index (κ1) is 21.3. The highest BCUT2D eigenvalue weighted by Crippen LogP contribution is 2.24. The van der Waals surface area contributed by atoms with Gasteiger partial charge in [-0.3, -0.25) is 14.2 Å². The lowest BCUT2D eigenvalue weighted by Crippen LogP contribution is -2.25. The van der Waals surface area contributed by atoms with Gasteiger partial charge in [-0.1, -0.05) is 49.3 Å². The molecule has 0 unspecified atom stereocenters. The summed E-state index contributed by atoms with van der Waals surface area (Å²) in [6.45, 7) is 4.69. The molecule has 1 N–H and O–H groups in total. The number of carbonyl (C=O) groups excluding carboxylic acids is 1. The summed E-state index contributed by atoms with van der Waals surface area (Å²) in [5.74, 6) is -0.416. The van der Waals surface area contributed by atoms with Crippen molar-refractivity contribution in [3.63, 3.8) is 0 Å². The Bertz CT molecular complexity index is 1100. The SMILES string of the molecule is CC(C)CCn1c(SCC(=O)Nc2cc(F)ccc2Cl)nc2ccccc2c1=O. The molecule has 1 heterocycles. The third-order valence-electron chi connectivity index (χ3n) is 4.29. The molecule has 0 aliphatic rings. The highest BCUT2D eigenvalue weighted by molar-refractivity contribution is 7.99. The van der Waals surface area contributed by atoms with E-state index >= 15 is 0 Å². The standard InChI is InChI=1S/C21H21ClFN3O2S/c1-13(2)9-10-26-20(28)15-5-3-4-6-17(15)25-21(26)29-12-19(27)24-18-11-14(23)7-8-16(18)22/h3-8,11,13H,9-10,12H2,1-2H3,(H,24,27). The molecule has 3 rings (SSSR count). The molecule has 0 aliphatic heterocycles.